The third-order valence-electron chi connectivity index (χ3n) is 9.11. The van der Waals surface area contributed by atoms with E-state index in [0.717, 1.165) is 36.3 Å². The quantitative estimate of drug-likeness (QED) is 0.182. The van der Waals surface area contributed by atoms with Gasteiger partial charge in [-0.15, -0.1) is 0 Å². The summed E-state index contributed by atoms with van der Waals surface area (Å²) in [4.78, 5) is 4.79. The Balaban J connectivity index is 1.07. The van der Waals surface area contributed by atoms with Crippen molar-refractivity contribution in [2.75, 3.05) is 9.80 Å². The molecule has 0 N–H and O–H groups in total. The van der Waals surface area contributed by atoms with E-state index in [0.29, 0.717) is 0 Å². The average Bonchev–Trinajstić information content (AvgIpc) is 3.13. The second-order valence-corrected chi connectivity index (χ2v) is 12.0. The number of hydrogen-bond acceptors (Lipinski definition) is 2. The van der Waals surface area contributed by atoms with Crippen molar-refractivity contribution in [2.24, 2.45) is 0 Å². The number of benzene rings is 5. The van der Waals surface area contributed by atoms with Crippen molar-refractivity contribution in [3.05, 3.63) is 192 Å². The second kappa shape index (κ2) is 12.3. The van der Waals surface area contributed by atoms with Crippen LogP contribution in [0.25, 0.3) is 22.4 Å². The molecule has 2 aliphatic rings. The van der Waals surface area contributed by atoms with Crippen LogP contribution in [0, 0.1) is 12.1 Å². The standard InChI is InChI=1S/C44H34N2/c1-3-15-39(16-4-1)45(43-29-23-33-11-7-9-13-37(33)31-43)41-25-19-35(20-26-41)36-21-27-42(28-22-36)46(40-17-5-2-6-18-40)44-30-24-34-12-8-10-14-38(34)32-44/h1-5,7-17,19-22,24-25,27-28,30-32,41H,23,26,29H2. The molecular formula is C44H34N2. The number of para-hydroxylation sites is 1. The summed E-state index contributed by atoms with van der Waals surface area (Å²) in [5.74, 6) is 0. The van der Waals surface area contributed by atoms with Gasteiger partial charge < -0.3 is 9.80 Å². The highest BCUT2D eigenvalue weighted by Gasteiger charge is 2.24. The average molecular weight is 591 g/mol. The van der Waals surface area contributed by atoms with Crippen LogP contribution in [0.3, 0.4) is 0 Å². The Kier molecular flexibility index (Phi) is 7.43. The van der Waals surface area contributed by atoms with Crippen LogP contribution < -0.4 is 9.80 Å². The normalized spacial score (nSPS) is 15.3. The van der Waals surface area contributed by atoms with E-state index in [9.17, 15) is 0 Å². The molecule has 0 amide bonds. The molecule has 0 radical (unpaired) electrons. The van der Waals surface area contributed by atoms with Gasteiger partial charge in [-0.3, -0.25) is 0 Å². The van der Waals surface area contributed by atoms with Gasteiger partial charge in [-0.25, -0.2) is 0 Å². The zero-order valence-electron chi connectivity index (χ0n) is 25.7. The minimum atomic E-state index is 0.259. The van der Waals surface area contributed by atoms with E-state index in [4.69, 9.17) is 0 Å². The molecule has 2 heteroatoms. The van der Waals surface area contributed by atoms with Crippen LogP contribution in [0.4, 0.5) is 22.7 Å². The van der Waals surface area contributed by atoms with E-state index in [1.54, 1.807) is 0 Å². The molecule has 6 aromatic rings. The molecule has 0 aliphatic heterocycles. The van der Waals surface area contributed by atoms with Crippen molar-refractivity contribution in [3.8, 4) is 0 Å². The fourth-order valence-electron chi connectivity index (χ4n) is 6.80. The number of hydrogen-bond donors (Lipinski definition) is 0. The van der Waals surface area contributed by atoms with Crippen LogP contribution in [-0.4, -0.2) is 6.04 Å². The number of nitrogens with zero attached hydrogens (tertiary/aromatic N) is 2. The molecule has 0 saturated carbocycles. The summed E-state index contributed by atoms with van der Waals surface area (Å²) < 4.78 is 0. The monoisotopic (exact) mass is 590 g/mol. The Morgan fingerprint density at radius 3 is 2.22 bits per heavy atom. The Morgan fingerprint density at radius 2 is 1.41 bits per heavy atom. The van der Waals surface area contributed by atoms with Gasteiger partial charge in [0.15, 0.2) is 0 Å². The molecule has 6 aromatic carbocycles. The Labute approximate surface area is 271 Å². The van der Waals surface area contributed by atoms with Crippen LogP contribution in [0.2, 0.25) is 0 Å². The molecule has 0 heterocycles. The molecule has 0 aromatic heterocycles. The molecule has 0 bridgehead atoms. The second-order valence-electron chi connectivity index (χ2n) is 12.0. The first-order valence-electron chi connectivity index (χ1n) is 16.1. The summed E-state index contributed by atoms with van der Waals surface area (Å²) >= 11 is 0. The van der Waals surface area contributed by atoms with E-state index in [1.165, 1.54) is 44.4 Å². The number of anilines is 4. The van der Waals surface area contributed by atoms with Gasteiger partial charge in [-0.2, -0.15) is 0 Å². The first kappa shape index (κ1) is 27.7. The Morgan fingerprint density at radius 1 is 0.630 bits per heavy atom. The lowest BCUT2D eigenvalue weighted by molar-refractivity contribution is 0.721. The Hall–Kier alpha value is -5.78. The molecule has 1 atom stereocenters. The number of fused-ring (bicyclic) bond motifs is 2. The molecule has 0 saturated heterocycles. The maximum absolute atomic E-state index is 3.32. The molecule has 2 aliphatic carbocycles. The summed E-state index contributed by atoms with van der Waals surface area (Å²) in [7, 11) is 0. The fraction of sp³-hybridized carbons (Fsp3) is 0.0909. The molecular weight excluding hydrogens is 556 g/mol. The van der Waals surface area contributed by atoms with Gasteiger partial charge in [0.25, 0.3) is 0 Å². The van der Waals surface area contributed by atoms with Crippen molar-refractivity contribution in [2.45, 2.75) is 25.3 Å². The van der Waals surface area contributed by atoms with Gasteiger partial charge >= 0.3 is 0 Å². The van der Waals surface area contributed by atoms with Gasteiger partial charge in [-0.1, -0.05) is 115 Å². The predicted molar refractivity (Wildman–Crippen MR) is 193 cm³/mol. The highest BCUT2D eigenvalue weighted by Crippen LogP contribution is 2.37. The number of aryl methyl sites for hydroxylation is 1. The first-order valence-corrected chi connectivity index (χ1v) is 16.1. The number of allylic oxidation sites excluding steroid dienone is 3. The van der Waals surface area contributed by atoms with E-state index >= 15 is 0 Å². The lowest BCUT2D eigenvalue weighted by Gasteiger charge is -2.36. The summed E-state index contributed by atoms with van der Waals surface area (Å²) in [5, 5.41) is 2.45. The van der Waals surface area contributed by atoms with Gasteiger partial charge in [-0.05, 0) is 113 Å². The van der Waals surface area contributed by atoms with Gasteiger partial charge in [0, 0.05) is 22.8 Å². The van der Waals surface area contributed by atoms with Crippen LogP contribution in [0.1, 0.15) is 29.5 Å². The van der Waals surface area contributed by atoms with Crippen molar-refractivity contribution in [1.29, 1.82) is 0 Å². The van der Waals surface area contributed by atoms with E-state index < -0.39 is 0 Å². The first-order chi connectivity index (χ1) is 22.8. The lowest BCUT2D eigenvalue weighted by atomic mass is 9.92. The Bertz CT molecular complexity index is 2070. The molecule has 8 rings (SSSR count). The SMILES string of the molecule is c1cccc(N(c2ccc(C3=CCC(N(C4=Cc5ccccc5CC4)c4ccccc4)C=C3)cc2)c2ccc3ccccc3c2)c#1. The maximum Gasteiger partial charge on any atom is 0.0973 e. The van der Waals surface area contributed by atoms with Gasteiger partial charge in [0.1, 0.15) is 0 Å². The molecule has 2 nitrogen and oxygen atoms in total. The predicted octanol–water partition coefficient (Wildman–Crippen LogP) is 11.1. The van der Waals surface area contributed by atoms with Crippen molar-refractivity contribution in [1.82, 2.24) is 0 Å². The van der Waals surface area contributed by atoms with Crippen molar-refractivity contribution in [3.63, 3.8) is 0 Å². The highest BCUT2D eigenvalue weighted by molar-refractivity contribution is 5.89. The summed E-state index contributed by atoms with van der Waals surface area (Å²) in [5.41, 5.74) is 11.0. The highest BCUT2D eigenvalue weighted by atomic mass is 15.2. The van der Waals surface area contributed by atoms with Gasteiger partial charge in [0.05, 0.1) is 11.7 Å². The molecule has 0 fully saturated rings. The zero-order valence-corrected chi connectivity index (χ0v) is 25.7. The molecule has 0 spiro atoms. The van der Waals surface area contributed by atoms with Crippen LogP contribution in [0.15, 0.2) is 163 Å². The molecule has 220 valence electrons. The summed E-state index contributed by atoms with van der Waals surface area (Å²) in [6, 6.07) is 56.4. The third-order valence-corrected chi connectivity index (χ3v) is 9.11. The lowest BCUT2D eigenvalue weighted by Crippen LogP contribution is -2.34. The van der Waals surface area contributed by atoms with Crippen LogP contribution >= 0.6 is 0 Å². The third kappa shape index (κ3) is 5.49. The maximum atomic E-state index is 3.32. The van der Waals surface area contributed by atoms with Crippen molar-refractivity contribution < 1.29 is 0 Å². The van der Waals surface area contributed by atoms with E-state index in [2.05, 4.69) is 174 Å². The van der Waals surface area contributed by atoms with Gasteiger partial charge in [0.2, 0.25) is 0 Å². The zero-order chi connectivity index (χ0) is 30.7. The van der Waals surface area contributed by atoms with Crippen LogP contribution in [0.5, 0.6) is 0 Å². The summed E-state index contributed by atoms with van der Waals surface area (Å²) in [6.45, 7) is 0. The molecule has 1 unspecified atom stereocenters. The minimum Gasteiger partial charge on any atom is -0.338 e. The molecule has 46 heavy (non-hydrogen) atoms. The van der Waals surface area contributed by atoms with E-state index in [1.807, 2.05) is 12.1 Å². The largest absolute Gasteiger partial charge is 0.338 e. The van der Waals surface area contributed by atoms with E-state index in [-0.39, 0.29) is 6.04 Å². The minimum absolute atomic E-state index is 0.259. The van der Waals surface area contributed by atoms with Crippen molar-refractivity contribution >= 4 is 45.2 Å². The smallest absolute Gasteiger partial charge is 0.0973 e. The fourth-order valence-corrected chi connectivity index (χ4v) is 6.80. The summed E-state index contributed by atoms with van der Waals surface area (Å²) in [6.07, 6.45) is 12.5. The topological polar surface area (TPSA) is 6.48 Å². The number of rotatable bonds is 7. The van der Waals surface area contributed by atoms with Crippen LogP contribution in [-0.2, 0) is 6.42 Å².